The molecule has 0 unspecified atom stereocenters. The predicted octanol–water partition coefficient (Wildman–Crippen LogP) is 1.64. The van der Waals surface area contributed by atoms with Crippen LogP contribution in [0.5, 0.6) is 0 Å². The van der Waals surface area contributed by atoms with Crippen LogP contribution in [0.4, 0.5) is 5.13 Å². The van der Waals surface area contributed by atoms with Gasteiger partial charge < -0.3 is 10.2 Å². The lowest BCUT2D eigenvalue weighted by molar-refractivity contribution is -0.119. The molecule has 0 fully saturated rings. The van der Waals surface area contributed by atoms with Gasteiger partial charge in [-0.1, -0.05) is 41.7 Å². The largest absolute Gasteiger partial charge is 0.358 e. The number of anilines is 1. The molecule has 1 aromatic carbocycles. The Morgan fingerprint density at radius 1 is 1.38 bits per heavy atom. The molecule has 1 amide bonds. The fourth-order valence-electron chi connectivity index (χ4n) is 1.95. The van der Waals surface area contributed by atoms with Gasteiger partial charge in [-0.05, 0) is 0 Å². The van der Waals surface area contributed by atoms with Gasteiger partial charge in [-0.15, -0.1) is 5.10 Å². The summed E-state index contributed by atoms with van der Waals surface area (Å²) in [5.74, 6) is -0.0460. The van der Waals surface area contributed by atoms with Crippen LogP contribution in [0.2, 0.25) is 0 Å². The molecule has 0 saturated heterocycles. The molecule has 2 aromatic heterocycles. The zero-order valence-corrected chi connectivity index (χ0v) is 12.6. The first kappa shape index (κ1) is 13.6. The third-order valence-corrected chi connectivity index (χ3v) is 4.13. The number of benzene rings is 1. The molecule has 1 N–H and O–H groups in total. The summed E-state index contributed by atoms with van der Waals surface area (Å²) in [7, 11) is 3.46. The van der Waals surface area contributed by atoms with Crippen molar-refractivity contribution in [2.45, 2.75) is 0 Å². The van der Waals surface area contributed by atoms with Gasteiger partial charge in [0.15, 0.2) is 0 Å². The van der Waals surface area contributed by atoms with Crippen molar-refractivity contribution in [3.05, 3.63) is 36.5 Å². The van der Waals surface area contributed by atoms with Crippen LogP contribution in [0.1, 0.15) is 0 Å². The molecular weight excluding hydrogens is 286 g/mol. The van der Waals surface area contributed by atoms with E-state index in [4.69, 9.17) is 0 Å². The van der Waals surface area contributed by atoms with Crippen LogP contribution in [0.15, 0.2) is 36.5 Å². The average Bonchev–Trinajstić information content (AvgIpc) is 3.06. The number of imidazole rings is 1. The molecule has 7 heteroatoms. The normalized spacial score (nSPS) is 10.8. The molecule has 0 aliphatic heterocycles. The topological polar surface area (TPSA) is 62.5 Å². The second-order valence-electron chi connectivity index (χ2n) is 4.63. The van der Waals surface area contributed by atoms with Crippen LogP contribution >= 0.6 is 11.3 Å². The predicted molar refractivity (Wildman–Crippen MR) is 83.6 cm³/mol. The van der Waals surface area contributed by atoms with E-state index < -0.39 is 0 Å². The fourth-order valence-corrected chi connectivity index (χ4v) is 2.80. The lowest BCUT2D eigenvalue weighted by Crippen LogP contribution is -2.32. The summed E-state index contributed by atoms with van der Waals surface area (Å²) in [5.41, 5.74) is 1.96. The summed E-state index contributed by atoms with van der Waals surface area (Å²) in [6.45, 7) is 0.276. The van der Waals surface area contributed by atoms with Crippen LogP contribution in [-0.2, 0) is 4.79 Å². The third-order valence-electron chi connectivity index (χ3n) is 3.09. The smallest absolute Gasteiger partial charge is 0.239 e. The number of aromatic nitrogens is 3. The van der Waals surface area contributed by atoms with Crippen molar-refractivity contribution in [1.82, 2.24) is 19.9 Å². The Labute approximate surface area is 126 Å². The number of carbonyl (C=O) groups excluding carboxylic acids is 1. The minimum atomic E-state index is -0.0460. The second-order valence-corrected chi connectivity index (χ2v) is 5.57. The van der Waals surface area contributed by atoms with Gasteiger partial charge in [0.1, 0.15) is 0 Å². The molecule has 3 aromatic rings. The molecule has 6 nitrogen and oxygen atoms in total. The summed E-state index contributed by atoms with van der Waals surface area (Å²) in [4.78, 5) is 18.6. The highest BCUT2D eigenvalue weighted by molar-refractivity contribution is 7.20. The monoisotopic (exact) mass is 301 g/mol. The minimum absolute atomic E-state index is 0.0460. The summed E-state index contributed by atoms with van der Waals surface area (Å²) >= 11 is 1.46. The van der Waals surface area contributed by atoms with Crippen molar-refractivity contribution in [2.75, 3.05) is 25.5 Å². The molecule has 0 radical (unpaired) electrons. The zero-order valence-electron chi connectivity index (χ0n) is 11.8. The maximum Gasteiger partial charge on any atom is 0.239 e. The molecule has 0 bridgehead atoms. The lowest BCUT2D eigenvalue weighted by Gasteiger charge is -2.13. The molecule has 0 saturated carbocycles. The third kappa shape index (κ3) is 2.73. The van der Waals surface area contributed by atoms with E-state index in [9.17, 15) is 4.79 Å². The van der Waals surface area contributed by atoms with Crippen molar-refractivity contribution in [3.63, 3.8) is 0 Å². The van der Waals surface area contributed by atoms with Crippen LogP contribution in [0.25, 0.3) is 16.2 Å². The first-order valence-electron chi connectivity index (χ1n) is 6.50. The molecule has 2 heterocycles. The Hall–Kier alpha value is -2.41. The first-order valence-corrected chi connectivity index (χ1v) is 7.32. The van der Waals surface area contributed by atoms with Gasteiger partial charge in [0.05, 0.1) is 18.4 Å². The molecule has 0 aliphatic carbocycles. The maximum absolute atomic E-state index is 11.4. The molecule has 21 heavy (non-hydrogen) atoms. The molecular formula is C14H15N5OS. The van der Waals surface area contributed by atoms with E-state index >= 15 is 0 Å². The number of carbonyl (C=O) groups is 1. The van der Waals surface area contributed by atoms with E-state index in [1.807, 2.05) is 43.6 Å². The van der Waals surface area contributed by atoms with Crippen LogP contribution in [0, 0.1) is 0 Å². The van der Waals surface area contributed by atoms with Crippen LogP contribution < -0.4 is 10.2 Å². The van der Waals surface area contributed by atoms with Crippen molar-refractivity contribution < 1.29 is 4.79 Å². The molecule has 108 valence electrons. The van der Waals surface area contributed by atoms with E-state index in [0.717, 1.165) is 21.3 Å². The van der Waals surface area contributed by atoms with E-state index in [1.165, 1.54) is 11.3 Å². The van der Waals surface area contributed by atoms with Crippen molar-refractivity contribution in [1.29, 1.82) is 0 Å². The van der Waals surface area contributed by atoms with Gasteiger partial charge in [-0.25, -0.2) is 9.50 Å². The Morgan fingerprint density at radius 2 is 2.14 bits per heavy atom. The van der Waals surface area contributed by atoms with E-state index in [2.05, 4.69) is 15.4 Å². The van der Waals surface area contributed by atoms with Gasteiger partial charge in [-0.2, -0.15) is 0 Å². The van der Waals surface area contributed by atoms with Gasteiger partial charge in [-0.3, -0.25) is 4.79 Å². The van der Waals surface area contributed by atoms with Crippen LogP contribution in [0.3, 0.4) is 0 Å². The number of likely N-dealkylation sites (N-methyl/N-ethyl adjacent to an activating group) is 2. The average molecular weight is 301 g/mol. The minimum Gasteiger partial charge on any atom is -0.358 e. The van der Waals surface area contributed by atoms with Crippen LogP contribution in [-0.4, -0.2) is 41.1 Å². The summed E-state index contributed by atoms with van der Waals surface area (Å²) < 4.78 is 1.75. The number of fused-ring (bicyclic) bond motifs is 1. The second kappa shape index (κ2) is 5.53. The SMILES string of the molecule is CNC(=O)CN(C)c1nn2cc(-c3ccccc3)nc2s1. The first-order chi connectivity index (χ1) is 10.2. The molecule has 3 rings (SSSR count). The summed E-state index contributed by atoms with van der Waals surface area (Å²) in [5, 5.41) is 7.83. The number of amides is 1. The highest BCUT2D eigenvalue weighted by atomic mass is 32.1. The van der Waals surface area contributed by atoms with Crippen molar-refractivity contribution >= 4 is 27.3 Å². The number of nitrogens with one attached hydrogen (secondary N) is 1. The lowest BCUT2D eigenvalue weighted by atomic mass is 10.2. The molecule has 0 spiro atoms. The van der Waals surface area contributed by atoms with Gasteiger partial charge in [0.25, 0.3) is 0 Å². The standard InChI is InChI=1S/C14H15N5OS/c1-15-12(20)9-18(2)14-17-19-8-11(16-13(19)21-14)10-6-4-3-5-7-10/h3-8H,9H2,1-2H3,(H,15,20). The maximum atomic E-state index is 11.4. The number of nitrogens with zero attached hydrogens (tertiary/aromatic N) is 4. The summed E-state index contributed by atoms with van der Waals surface area (Å²) in [6.07, 6.45) is 1.90. The highest BCUT2D eigenvalue weighted by Gasteiger charge is 2.14. The number of rotatable bonds is 4. The Kier molecular flexibility index (Phi) is 3.57. The van der Waals surface area contributed by atoms with Gasteiger partial charge in [0, 0.05) is 19.7 Å². The zero-order chi connectivity index (χ0) is 14.8. The van der Waals surface area contributed by atoms with Gasteiger partial charge >= 0.3 is 0 Å². The summed E-state index contributed by atoms with van der Waals surface area (Å²) in [6, 6.07) is 9.99. The highest BCUT2D eigenvalue weighted by Crippen LogP contribution is 2.25. The van der Waals surface area contributed by atoms with Crippen molar-refractivity contribution in [2.24, 2.45) is 0 Å². The Balaban J connectivity index is 1.86. The van der Waals surface area contributed by atoms with Crippen molar-refractivity contribution in [3.8, 4) is 11.3 Å². The quantitative estimate of drug-likeness (QED) is 0.796. The van der Waals surface area contributed by atoms with E-state index in [1.54, 1.807) is 16.5 Å². The van der Waals surface area contributed by atoms with E-state index in [-0.39, 0.29) is 12.5 Å². The van der Waals surface area contributed by atoms with E-state index in [0.29, 0.717) is 0 Å². The number of hydrogen-bond acceptors (Lipinski definition) is 5. The van der Waals surface area contributed by atoms with Gasteiger partial charge in [0.2, 0.25) is 16.0 Å². The number of hydrogen-bond donors (Lipinski definition) is 1. The Bertz CT molecular complexity index is 733. The molecule has 0 aliphatic rings. The molecule has 0 atom stereocenters. The Morgan fingerprint density at radius 3 is 2.81 bits per heavy atom. The fraction of sp³-hybridized carbons (Fsp3) is 0.214.